The van der Waals surface area contributed by atoms with E-state index < -0.39 is 17.4 Å². The lowest BCUT2D eigenvalue weighted by Gasteiger charge is -2.51. The van der Waals surface area contributed by atoms with Crippen LogP contribution in [-0.2, 0) is 11.3 Å². The molecule has 24 heavy (non-hydrogen) atoms. The number of aliphatic hydroxyl groups is 1. The molecule has 1 spiro atoms. The van der Waals surface area contributed by atoms with E-state index in [1.165, 1.54) is 4.90 Å². The fraction of sp³-hybridized carbons (Fsp3) is 0.667. The number of carbonyl (C=O) groups excluding carboxylic acids is 1. The van der Waals surface area contributed by atoms with Crippen LogP contribution in [0.1, 0.15) is 53.2 Å². The Morgan fingerprint density at radius 3 is 2.38 bits per heavy atom. The van der Waals surface area contributed by atoms with Crippen LogP contribution in [0.3, 0.4) is 0 Å². The van der Waals surface area contributed by atoms with Crippen molar-refractivity contribution >= 4 is 6.09 Å². The summed E-state index contributed by atoms with van der Waals surface area (Å²) in [5.74, 6) is 0. The van der Waals surface area contributed by atoms with Crippen LogP contribution < -0.4 is 5.32 Å². The smallest absolute Gasteiger partial charge is 0.413 e. The third-order valence-corrected chi connectivity index (χ3v) is 5.20. The van der Waals surface area contributed by atoms with Crippen LogP contribution in [0.2, 0.25) is 0 Å². The van der Waals surface area contributed by atoms with Gasteiger partial charge in [-0.05, 0) is 46.8 Å². The van der Waals surface area contributed by atoms with Gasteiger partial charge >= 0.3 is 6.09 Å². The Hall–Kier alpha value is -1.66. The van der Waals surface area contributed by atoms with Gasteiger partial charge in [-0.1, -0.05) is 6.07 Å². The summed E-state index contributed by atoms with van der Waals surface area (Å²) >= 11 is 0. The second-order valence-electron chi connectivity index (χ2n) is 8.77. The van der Waals surface area contributed by atoms with Crippen LogP contribution in [0.5, 0.6) is 0 Å². The highest BCUT2D eigenvalue weighted by Gasteiger charge is 2.68. The van der Waals surface area contributed by atoms with E-state index in [-0.39, 0.29) is 17.6 Å². The molecule has 2 saturated heterocycles. The Morgan fingerprint density at radius 1 is 1.21 bits per heavy atom. The van der Waals surface area contributed by atoms with Crippen molar-refractivity contribution in [2.45, 2.75) is 76.4 Å². The first-order chi connectivity index (χ1) is 11.0. The molecule has 0 saturated carbocycles. The fourth-order valence-electron chi connectivity index (χ4n) is 4.72. The molecule has 6 heteroatoms. The lowest BCUT2D eigenvalue weighted by molar-refractivity contribution is -0.793. The number of pyridine rings is 1. The van der Waals surface area contributed by atoms with Gasteiger partial charge in [0.2, 0.25) is 0 Å². The zero-order valence-corrected chi connectivity index (χ0v) is 15.2. The van der Waals surface area contributed by atoms with Gasteiger partial charge in [0, 0.05) is 19.0 Å². The summed E-state index contributed by atoms with van der Waals surface area (Å²) < 4.78 is 5.85. The number of piperidine rings is 1. The second-order valence-corrected chi connectivity index (χ2v) is 8.77. The van der Waals surface area contributed by atoms with Crippen molar-refractivity contribution in [2.24, 2.45) is 0 Å². The summed E-state index contributed by atoms with van der Waals surface area (Å²) in [7, 11) is 0. The van der Waals surface area contributed by atoms with Crippen molar-refractivity contribution in [3.63, 3.8) is 0 Å². The SMILES string of the molecule is CC1(C)CC2(CC(C)(C)[NH2+]1)OC(=O)N(Cc1ccccn1)[C@@]2(C)O. The van der Waals surface area contributed by atoms with Gasteiger partial charge in [-0.3, -0.25) is 9.88 Å². The third kappa shape index (κ3) is 2.78. The molecular weight excluding hydrogens is 306 g/mol. The number of aromatic nitrogens is 1. The topological polar surface area (TPSA) is 79.3 Å². The zero-order valence-electron chi connectivity index (χ0n) is 15.2. The highest BCUT2D eigenvalue weighted by atomic mass is 16.6. The Labute approximate surface area is 143 Å². The van der Waals surface area contributed by atoms with Crippen LogP contribution in [-0.4, -0.2) is 43.5 Å². The summed E-state index contributed by atoms with van der Waals surface area (Å²) in [6.45, 7) is 10.4. The van der Waals surface area contributed by atoms with Gasteiger partial charge in [0.1, 0.15) is 0 Å². The van der Waals surface area contributed by atoms with Crippen LogP contribution in [0, 0.1) is 0 Å². The zero-order chi connectivity index (χ0) is 17.8. The van der Waals surface area contributed by atoms with Crippen molar-refractivity contribution in [2.75, 3.05) is 0 Å². The summed E-state index contributed by atoms with van der Waals surface area (Å²) in [6.07, 6.45) is 2.41. The number of nitrogens with zero attached hydrogens (tertiary/aromatic N) is 2. The van der Waals surface area contributed by atoms with Gasteiger partial charge in [-0.2, -0.15) is 0 Å². The van der Waals surface area contributed by atoms with Crippen LogP contribution in [0.15, 0.2) is 24.4 Å². The number of rotatable bonds is 2. The van der Waals surface area contributed by atoms with Crippen LogP contribution in [0.25, 0.3) is 0 Å². The molecule has 1 aromatic rings. The molecule has 0 bridgehead atoms. The van der Waals surface area contributed by atoms with Crippen molar-refractivity contribution in [1.29, 1.82) is 0 Å². The van der Waals surface area contributed by atoms with E-state index in [4.69, 9.17) is 4.74 Å². The Balaban J connectivity index is 1.95. The van der Waals surface area contributed by atoms with Gasteiger partial charge in [0.15, 0.2) is 11.3 Å². The van der Waals surface area contributed by atoms with E-state index in [0.29, 0.717) is 12.8 Å². The number of quaternary nitrogens is 1. The number of ether oxygens (including phenoxy) is 1. The second kappa shape index (κ2) is 5.17. The minimum Gasteiger partial charge on any atom is -0.437 e. The lowest BCUT2D eigenvalue weighted by atomic mass is 9.68. The van der Waals surface area contributed by atoms with Gasteiger partial charge in [0.25, 0.3) is 0 Å². The number of hydrogen-bond acceptors (Lipinski definition) is 4. The molecule has 3 N–H and O–H groups in total. The first kappa shape index (κ1) is 17.2. The van der Waals surface area contributed by atoms with E-state index in [0.717, 1.165) is 5.69 Å². The molecule has 3 rings (SSSR count). The third-order valence-electron chi connectivity index (χ3n) is 5.20. The van der Waals surface area contributed by atoms with E-state index in [1.807, 2.05) is 18.2 Å². The molecule has 0 aromatic carbocycles. The average Bonchev–Trinajstić information content (AvgIpc) is 2.56. The van der Waals surface area contributed by atoms with Crippen molar-refractivity contribution in [3.8, 4) is 0 Å². The standard InChI is InChI=1S/C18H27N3O3/c1-15(2)11-18(12-16(3,4)20-15)17(5,23)21(14(22)24-18)10-13-8-6-7-9-19-13/h6-9,20,23H,10-12H2,1-5H3/p+1/t17-/m0/s1. The van der Waals surface area contributed by atoms with Crippen molar-refractivity contribution < 1.29 is 20.0 Å². The lowest BCUT2D eigenvalue weighted by Crippen LogP contribution is -3.07. The number of carbonyl (C=O) groups is 1. The summed E-state index contributed by atoms with van der Waals surface area (Å²) in [4.78, 5) is 18.3. The van der Waals surface area contributed by atoms with Gasteiger partial charge < -0.3 is 15.2 Å². The molecule has 0 radical (unpaired) electrons. The molecule has 1 amide bonds. The monoisotopic (exact) mass is 334 g/mol. The quantitative estimate of drug-likeness (QED) is 0.857. The summed E-state index contributed by atoms with van der Waals surface area (Å²) in [5, 5.41) is 13.7. The first-order valence-electron chi connectivity index (χ1n) is 8.47. The van der Waals surface area contributed by atoms with Gasteiger partial charge in [0.05, 0.1) is 23.3 Å². The molecule has 6 nitrogen and oxygen atoms in total. The molecular formula is C18H28N3O3+. The number of nitrogens with two attached hydrogens (primary N) is 1. The van der Waals surface area contributed by atoms with Crippen LogP contribution in [0.4, 0.5) is 4.79 Å². The predicted molar refractivity (Wildman–Crippen MR) is 88.9 cm³/mol. The minimum absolute atomic E-state index is 0.132. The summed E-state index contributed by atoms with van der Waals surface area (Å²) in [5.41, 5.74) is -1.84. The highest BCUT2D eigenvalue weighted by molar-refractivity contribution is 5.72. The Bertz CT molecular complexity index is 624. The van der Waals surface area contributed by atoms with Crippen molar-refractivity contribution in [3.05, 3.63) is 30.1 Å². The molecule has 0 unspecified atom stereocenters. The van der Waals surface area contributed by atoms with Crippen LogP contribution >= 0.6 is 0 Å². The molecule has 2 aliphatic heterocycles. The number of amides is 1. The van der Waals surface area contributed by atoms with Gasteiger partial charge in [-0.15, -0.1) is 0 Å². The Kier molecular flexibility index (Phi) is 3.70. The molecule has 0 aliphatic carbocycles. The normalized spacial score (nSPS) is 30.4. The average molecular weight is 334 g/mol. The summed E-state index contributed by atoms with van der Waals surface area (Å²) in [6, 6.07) is 5.54. The van der Waals surface area contributed by atoms with E-state index in [2.05, 4.69) is 38.0 Å². The van der Waals surface area contributed by atoms with E-state index in [1.54, 1.807) is 13.1 Å². The fourth-order valence-corrected chi connectivity index (χ4v) is 4.72. The molecule has 1 aromatic heterocycles. The highest BCUT2D eigenvalue weighted by Crippen LogP contribution is 2.48. The van der Waals surface area contributed by atoms with E-state index >= 15 is 0 Å². The molecule has 2 fully saturated rings. The van der Waals surface area contributed by atoms with Crippen molar-refractivity contribution in [1.82, 2.24) is 9.88 Å². The maximum absolute atomic E-state index is 12.6. The first-order valence-corrected chi connectivity index (χ1v) is 8.47. The largest absolute Gasteiger partial charge is 0.437 e. The molecule has 3 heterocycles. The maximum atomic E-state index is 12.6. The molecule has 132 valence electrons. The van der Waals surface area contributed by atoms with E-state index in [9.17, 15) is 9.90 Å². The van der Waals surface area contributed by atoms with Gasteiger partial charge in [-0.25, -0.2) is 4.79 Å². The molecule has 2 aliphatic rings. The number of hydrogen-bond donors (Lipinski definition) is 2. The Morgan fingerprint density at radius 2 is 1.83 bits per heavy atom. The minimum atomic E-state index is -1.38. The molecule has 1 atom stereocenters. The maximum Gasteiger partial charge on any atom is 0.413 e. The predicted octanol–water partition coefficient (Wildman–Crippen LogP) is 1.40.